The predicted molar refractivity (Wildman–Crippen MR) is 72.5 cm³/mol. The van der Waals surface area contributed by atoms with Gasteiger partial charge in [0.1, 0.15) is 11.5 Å². The molecule has 0 saturated heterocycles. The standard InChI is InChI=1S/C14H10FN3O4/c15-10-4-2-1-3-9(10)12(19)17-18-13(20)11-6-5-8(7-16-11)14(21)22/h1-7H,(H,17,19)(H,18,20)(H,21,22). The van der Waals surface area contributed by atoms with Crippen LogP contribution in [0, 0.1) is 5.82 Å². The lowest BCUT2D eigenvalue weighted by Gasteiger charge is -2.07. The van der Waals surface area contributed by atoms with Gasteiger partial charge in [0, 0.05) is 6.20 Å². The molecular weight excluding hydrogens is 293 g/mol. The minimum atomic E-state index is -1.17. The number of halogens is 1. The molecule has 112 valence electrons. The molecule has 1 aromatic heterocycles. The van der Waals surface area contributed by atoms with Crippen LogP contribution in [-0.2, 0) is 0 Å². The molecule has 0 aliphatic carbocycles. The van der Waals surface area contributed by atoms with E-state index in [1.807, 2.05) is 5.43 Å². The predicted octanol–water partition coefficient (Wildman–Crippen LogP) is 0.994. The summed E-state index contributed by atoms with van der Waals surface area (Å²) < 4.78 is 13.4. The van der Waals surface area contributed by atoms with Crippen LogP contribution in [0.1, 0.15) is 31.2 Å². The van der Waals surface area contributed by atoms with Crippen LogP contribution in [0.4, 0.5) is 4.39 Å². The molecule has 0 saturated carbocycles. The quantitative estimate of drug-likeness (QED) is 0.733. The first kappa shape index (κ1) is 15.1. The van der Waals surface area contributed by atoms with Crippen molar-refractivity contribution in [1.29, 1.82) is 0 Å². The van der Waals surface area contributed by atoms with Crippen LogP contribution in [-0.4, -0.2) is 27.9 Å². The highest BCUT2D eigenvalue weighted by Crippen LogP contribution is 2.05. The molecule has 0 spiro atoms. The van der Waals surface area contributed by atoms with Gasteiger partial charge in [-0.1, -0.05) is 12.1 Å². The highest BCUT2D eigenvalue weighted by atomic mass is 19.1. The number of carbonyl (C=O) groups excluding carboxylic acids is 2. The largest absolute Gasteiger partial charge is 0.478 e. The van der Waals surface area contributed by atoms with Gasteiger partial charge in [-0.05, 0) is 24.3 Å². The summed E-state index contributed by atoms with van der Waals surface area (Å²) in [6.07, 6.45) is 1.01. The van der Waals surface area contributed by atoms with Gasteiger partial charge in [-0.15, -0.1) is 0 Å². The third kappa shape index (κ3) is 3.42. The van der Waals surface area contributed by atoms with E-state index in [4.69, 9.17) is 5.11 Å². The summed E-state index contributed by atoms with van der Waals surface area (Å²) in [4.78, 5) is 37.7. The SMILES string of the molecule is O=C(O)c1ccc(C(=O)NNC(=O)c2ccccc2F)nc1. The summed E-state index contributed by atoms with van der Waals surface area (Å²) in [6, 6.07) is 7.67. The summed E-state index contributed by atoms with van der Waals surface area (Å²) >= 11 is 0. The number of amides is 2. The number of rotatable bonds is 3. The molecule has 1 heterocycles. The number of benzene rings is 1. The molecule has 0 aliphatic heterocycles. The average molecular weight is 303 g/mol. The fourth-order valence-corrected chi connectivity index (χ4v) is 1.54. The molecule has 0 radical (unpaired) electrons. The van der Waals surface area contributed by atoms with E-state index in [1.54, 1.807) is 0 Å². The van der Waals surface area contributed by atoms with E-state index < -0.39 is 23.6 Å². The van der Waals surface area contributed by atoms with Crippen LogP contribution in [0.15, 0.2) is 42.6 Å². The van der Waals surface area contributed by atoms with Crippen molar-refractivity contribution in [2.45, 2.75) is 0 Å². The van der Waals surface area contributed by atoms with Crippen LogP contribution in [0.3, 0.4) is 0 Å². The van der Waals surface area contributed by atoms with Crippen molar-refractivity contribution in [3.63, 3.8) is 0 Å². The number of nitrogens with one attached hydrogen (secondary N) is 2. The van der Waals surface area contributed by atoms with Gasteiger partial charge in [0.25, 0.3) is 11.8 Å². The molecule has 0 fully saturated rings. The second-order valence-corrected chi connectivity index (χ2v) is 4.13. The van der Waals surface area contributed by atoms with E-state index in [9.17, 15) is 18.8 Å². The maximum Gasteiger partial charge on any atom is 0.337 e. The third-order valence-corrected chi connectivity index (χ3v) is 2.65. The molecule has 0 atom stereocenters. The zero-order chi connectivity index (χ0) is 16.1. The van der Waals surface area contributed by atoms with Crippen molar-refractivity contribution in [3.05, 3.63) is 65.2 Å². The normalized spacial score (nSPS) is 9.86. The Morgan fingerprint density at radius 3 is 2.27 bits per heavy atom. The number of pyridine rings is 1. The summed E-state index contributed by atoms with van der Waals surface area (Å²) in [7, 11) is 0. The summed E-state index contributed by atoms with van der Waals surface area (Å²) in [5.74, 6) is -3.49. The van der Waals surface area contributed by atoms with E-state index in [0.29, 0.717) is 0 Å². The first-order valence-electron chi connectivity index (χ1n) is 6.03. The van der Waals surface area contributed by atoms with Gasteiger partial charge >= 0.3 is 5.97 Å². The first-order valence-corrected chi connectivity index (χ1v) is 6.03. The Morgan fingerprint density at radius 2 is 1.68 bits per heavy atom. The number of aromatic carboxylic acids is 1. The molecule has 7 nitrogen and oxygen atoms in total. The lowest BCUT2D eigenvalue weighted by molar-refractivity contribution is 0.0695. The fourth-order valence-electron chi connectivity index (χ4n) is 1.54. The fraction of sp³-hybridized carbons (Fsp3) is 0. The van der Waals surface area contributed by atoms with Crippen molar-refractivity contribution in [2.75, 3.05) is 0 Å². The van der Waals surface area contributed by atoms with Gasteiger partial charge in [-0.3, -0.25) is 25.4 Å². The Morgan fingerprint density at radius 1 is 1.00 bits per heavy atom. The van der Waals surface area contributed by atoms with E-state index in [2.05, 4.69) is 10.4 Å². The zero-order valence-corrected chi connectivity index (χ0v) is 11.0. The van der Waals surface area contributed by atoms with Crippen LogP contribution in [0.2, 0.25) is 0 Å². The number of carbonyl (C=O) groups is 3. The summed E-state index contributed by atoms with van der Waals surface area (Å²) in [5, 5.41) is 8.71. The first-order chi connectivity index (χ1) is 10.5. The zero-order valence-electron chi connectivity index (χ0n) is 11.0. The number of aromatic nitrogens is 1. The number of hydrogen-bond acceptors (Lipinski definition) is 4. The Labute approximate surface area is 123 Å². The smallest absolute Gasteiger partial charge is 0.337 e. The van der Waals surface area contributed by atoms with E-state index in [0.717, 1.165) is 12.3 Å². The van der Waals surface area contributed by atoms with Gasteiger partial charge in [0.2, 0.25) is 0 Å². The molecule has 2 aromatic rings. The van der Waals surface area contributed by atoms with Crippen LogP contribution in [0.5, 0.6) is 0 Å². The number of hydrazine groups is 1. The highest BCUT2D eigenvalue weighted by Gasteiger charge is 2.13. The Kier molecular flexibility index (Phi) is 4.42. The van der Waals surface area contributed by atoms with Gasteiger partial charge in [0.15, 0.2) is 0 Å². The van der Waals surface area contributed by atoms with Crippen LogP contribution >= 0.6 is 0 Å². The molecule has 0 aliphatic rings. The molecule has 22 heavy (non-hydrogen) atoms. The Bertz CT molecular complexity index is 731. The van der Waals surface area contributed by atoms with Gasteiger partial charge in [0.05, 0.1) is 11.1 Å². The van der Waals surface area contributed by atoms with Gasteiger partial charge in [-0.2, -0.15) is 0 Å². The van der Waals surface area contributed by atoms with Crippen LogP contribution in [0.25, 0.3) is 0 Å². The molecule has 2 rings (SSSR count). The molecule has 2 amide bonds. The van der Waals surface area contributed by atoms with E-state index >= 15 is 0 Å². The molecule has 3 N–H and O–H groups in total. The second-order valence-electron chi connectivity index (χ2n) is 4.13. The molecule has 8 heteroatoms. The van der Waals surface area contributed by atoms with Gasteiger partial charge in [-0.25, -0.2) is 9.18 Å². The lowest BCUT2D eigenvalue weighted by Crippen LogP contribution is -2.42. The van der Waals surface area contributed by atoms with Crippen LogP contribution < -0.4 is 10.9 Å². The maximum atomic E-state index is 13.4. The molecular formula is C14H10FN3O4. The number of carboxylic acid groups (broad SMARTS) is 1. The van der Waals surface area contributed by atoms with Crippen molar-refractivity contribution < 1.29 is 23.9 Å². The number of nitrogens with zero attached hydrogens (tertiary/aromatic N) is 1. The second kappa shape index (κ2) is 6.44. The average Bonchev–Trinajstić information content (AvgIpc) is 2.52. The highest BCUT2D eigenvalue weighted by molar-refractivity contribution is 5.98. The third-order valence-electron chi connectivity index (χ3n) is 2.65. The van der Waals surface area contributed by atoms with Crippen molar-refractivity contribution >= 4 is 17.8 Å². The number of hydrogen-bond donors (Lipinski definition) is 3. The van der Waals surface area contributed by atoms with Gasteiger partial charge < -0.3 is 5.11 Å². The summed E-state index contributed by atoms with van der Waals surface area (Å²) in [5.41, 5.74) is 3.70. The molecule has 1 aromatic carbocycles. The lowest BCUT2D eigenvalue weighted by atomic mass is 10.2. The monoisotopic (exact) mass is 303 g/mol. The Balaban J connectivity index is 1.99. The molecule has 0 bridgehead atoms. The van der Waals surface area contributed by atoms with Crippen molar-refractivity contribution in [3.8, 4) is 0 Å². The van der Waals surface area contributed by atoms with E-state index in [1.165, 1.54) is 30.3 Å². The maximum absolute atomic E-state index is 13.4. The Hall–Kier alpha value is -3.29. The topological polar surface area (TPSA) is 108 Å². The summed E-state index contributed by atoms with van der Waals surface area (Å²) in [6.45, 7) is 0. The van der Waals surface area contributed by atoms with Crippen molar-refractivity contribution in [1.82, 2.24) is 15.8 Å². The minimum Gasteiger partial charge on any atom is -0.478 e. The molecule has 0 unspecified atom stereocenters. The minimum absolute atomic E-state index is 0.0769. The van der Waals surface area contributed by atoms with E-state index in [-0.39, 0.29) is 16.8 Å². The van der Waals surface area contributed by atoms with Crippen molar-refractivity contribution in [2.24, 2.45) is 0 Å². The number of carboxylic acids is 1.